The number of hydrogen-bond donors (Lipinski definition) is 0. The van der Waals surface area contributed by atoms with Crippen molar-refractivity contribution in [3.8, 4) is 0 Å². The Bertz CT molecular complexity index is 764. The first-order chi connectivity index (χ1) is 12.4. The fourth-order valence-corrected chi connectivity index (χ4v) is 4.51. The molecule has 0 bridgehead atoms. The molecule has 0 N–H and O–H groups in total. The summed E-state index contributed by atoms with van der Waals surface area (Å²) in [6.07, 6.45) is 0. The van der Waals surface area contributed by atoms with E-state index in [4.69, 9.17) is 4.74 Å². The molecule has 0 saturated carbocycles. The van der Waals surface area contributed by atoms with E-state index in [1.807, 2.05) is 0 Å². The predicted molar refractivity (Wildman–Crippen MR) is 94.6 cm³/mol. The van der Waals surface area contributed by atoms with Crippen LogP contribution in [-0.2, 0) is 14.8 Å². The first-order valence-electron chi connectivity index (χ1n) is 8.62. The number of sulfonamides is 1. The monoisotopic (exact) mass is 381 g/mol. The molecule has 1 aromatic carbocycles. The van der Waals surface area contributed by atoms with Crippen LogP contribution < -0.4 is 0 Å². The third kappa shape index (κ3) is 3.89. The number of piperazine rings is 1. The molecule has 1 aromatic rings. The van der Waals surface area contributed by atoms with Crippen LogP contribution in [0.25, 0.3) is 0 Å². The number of carbonyl (C=O) groups excluding carboxylic acids is 2. The van der Waals surface area contributed by atoms with E-state index in [1.165, 1.54) is 35.5 Å². The van der Waals surface area contributed by atoms with Crippen LogP contribution in [0.2, 0.25) is 0 Å². The SMILES string of the molecule is CC(=O)c1ccc(S(=O)(=O)N2CCN(C(=O)N3CCOCC3)CC2)cc1. The Kier molecular flexibility index (Phi) is 5.59. The molecule has 0 spiro atoms. The molecule has 2 aliphatic heterocycles. The molecular formula is C17H23N3O5S. The fourth-order valence-electron chi connectivity index (χ4n) is 3.09. The zero-order valence-corrected chi connectivity index (χ0v) is 15.6. The van der Waals surface area contributed by atoms with E-state index in [0.717, 1.165) is 0 Å². The van der Waals surface area contributed by atoms with E-state index in [-0.39, 0.29) is 29.8 Å². The Labute approximate surface area is 153 Å². The molecule has 2 fully saturated rings. The average molecular weight is 381 g/mol. The van der Waals surface area contributed by atoms with Crippen LogP contribution in [0.5, 0.6) is 0 Å². The van der Waals surface area contributed by atoms with Gasteiger partial charge >= 0.3 is 6.03 Å². The highest BCUT2D eigenvalue weighted by molar-refractivity contribution is 7.89. The Hall–Kier alpha value is -1.97. The summed E-state index contributed by atoms with van der Waals surface area (Å²) in [4.78, 5) is 27.4. The highest BCUT2D eigenvalue weighted by Gasteiger charge is 2.32. The Morgan fingerprint density at radius 1 is 0.885 bits per heavy atom. The largest absolute Gasteiger partial charge is 0.378 e. The number of benzene rings is 1. The van der Waals surface area contributed by atoms with Crippen LogP contribution in [0.4, 0.5) is 4.79 Å². The van der Waals surface area contributed by atoms with E-state index < -0.39 is 10.0 Å². The van der Waals surface area contributed by atoms with Crippen molar-refractivity contribution in [2.24, 2.45) is 0 Å². The predicted octanol–water partition coefficient (Wildman–Crippen LogP) is 0.648. The summed E-state index contributed by atoms with van der Waals surface area (Å²) in [7, 11) is -3.63. The van der Waals surface area contributed by atoms with Crippen LogP contribution >= 0.6 is 0 Å². The number of morpholine rings is 1. The molecule has 2 amide bonds. The summed E-state index contributed by atoms with van der Waals surface area (Å²) >= 11 is 0. The van der Waals surface area contributed by atoms with Gasteiger partial charge in [0.1, 0.15) is 0 Å². The van der Waals surface area contributed by atoms with E-state index in [9.17, 15) is 18.0 Å². The van der Waals surface area contributed by atoms with E-state index >= 15 is 0 Å². The summed E-state index contributed by atoms with van der Waals surface area (Å²) in [5, 5.41) is 0. The molecule has 9 heteroatoms. The van der Waals surface area contributed by atoms with Crippen molar-refractivity contribution < 1.29 is 22.7 Å². The lowest BCUT2D eigenvalue weighted by Crippen LogP contribution is -2.55. The van der Waals surface area contributed by atoms with Crippen LogP contribution in [0.15, 0.2) is 29.2 Å². The summed E-state index contributed by atoms with van der Waals surface area (Å²) in [5.41, 5.74) is 0.477. The normalized spacial score (nSPS) is 19.4. The maximum Gasteiger partial charge on any atom is 0.320 e. The van der Waals surface area contributed by atoms with Crippen LogP contribution in [0, 0.1) is 0 Å². The van der Waals surface area contributed by atoms with Gasteiger partial charge in [-0.3, -0.25) is 4.79 Å². The average Bonchev–Trinajstić information content (AvgIpc) is 2.68. The number of ketones is 1. The van der Waals surface area contributed by atoms with Gasteiger partial charge in [-0.05, 0) is 19.1 Å². The van der Waals surface area contributed by atoms with Crippen molar-refractivity contribution >= 4 is 21.8 Å². The third-order valence-corrected chi connectivity index (χ3v) is 6.60. The number of urea groups is 1. The highest BCUT2D eigenvalue weighted by atomic mass is 32.2. The Balaban J connectivity index is 1.63. The zero-order chi connectivity index (χ0) is 18.7. The minimum atomic E-state index is -3.63. The van der Waals surface area contributed by atoms with Gasteiger partial charge in [-0.15, -0.1) is 0 Å². The Morgan fingerprint density at radius 3 is 1.96 bits per heavy atom. The van der Waals surface area contributed by atoms with Gasteiger partial charge in [0.25, 0.3) is 0 Å². The van der Waals surface area contributed by atoms with Gasteiger partial charge in [-0.2, -0.15) is 4.31 Å². The number of amides is 2. The molecule has 3 rings (SSSR count). The number of nitrogens with zero attached hydrogens (tertiary/aromatic N) is 3. The molecule has 0 radical (unpaired) electrons. The first-order valence-corrected chi connectivity index (χ1v) is 10.1. The Morgan fingerprint density at radius 2 is 1.42 bits per heavy atom. The first kappa shape index (κ1) is 18.8. The summed E-state index contributed by atoms with van der Waals surface area (Å²) in [6.45, 7) is 4.89. The molecule has 0 unspecified atom stereocenters. The highest BCUT2D eigenvalue weighted by Crippen LogP contribution is 2.19. The number of rotatable bonds is 3. The van der Waals surface area contributed by atoms with Crippen molar-refractivity contribution in [2.45, 2.75) is 11.8 Å². The van der Waals surface area contributed by atoms with Gasteiger partial charge in [0.2, 0.25) is 10.0 Å². The molecule has 8 nitrogen and oxygen atoms in total. The topological polar surface area (TPSA) is 87.2 Å². The minimum Gasteiger partial charge on any atom is -0.378 e. The van der Waals surface area contributed by atoms with E-state index in [0.29, 0.717) is 45.0 Å². The lowest BCUT2D eigenvalue weighted by molar-refractivity contribution is 0.0405. The smallest absolute Gasteiger partial charge is 0.320 e. The second-order valence-electron chi connectivity index (χ2n) is 6.35. The quantitative estimate of drug-likeness (QED) is 0.718. The molecule has 142 valence electrons. The number of carbonyl (C=O) groups is 2. The van der Waals surface area contributed by atoms with Crippen LogP contribution in [0.1, 0.15) is 17.3 Å². The van der Waals surface area contributed by atoms with Gasteiger partial charge in [0.05, 0.1) is 18.1 Å². The van der Waals surface area contributed by atoms with Gasteiger partial charge < -0.3 is 14.5 Å². The van der Waals surface area contributed by atoms with Crippen molar-refractivity contribution in [1.29, 1.82) is 0 Å². The second-order valence-corrected chi connectivity index (χ2v) is 8.29. The van der Waals surface area contributed by atoms with Gasteiger partial charge in [0.15, 0.2) is 5.78 Å². The molecule has 2 aliphatic rings. The molecule has 0 aliphatic carbocycles. The molecule has 0 atom stereocenters. The van der Waals surface area contributed by atoms with Gasteiger partial charge in [0, 0.05) is 44.8 Å². The van der Waals surface area contributed by atoms with Crippen LogP contribution in [-0.4, -0.2) is 86.8 Å². The molecule has 0 aromatic heterocycles. The minimum absolute atomic E-state index is 0.0591. The maximum atomic E-state index is 12.8. The lowest BCUT2D eigenvalue weighted by atomic mass is 10.2. The van der Waals surface area contributed by atoms with Crippen LogP contribution in [0.3, 0.4) is 0 Å². The van der Waals surface area contributed by atoms with Gasteiger partial charge in [-0.1, -0.05) is 12.1 Å². The van der Waals surface area contributed by atoms with Crippen molar-refractivity contribution in [3.05, 3.63) is 29.8 Å². The van der Waals surface area contributed by atoms with E-state index in [1.54, 1.807) is 9.80 Å². The number of ether oxygens (including phenoxy) is 1. The summed E-state index contributed by atoms with van der Waals surface area (Å²) < 4.78 is 32.2. The molecule has 2 saturated heterocycles. The molecular weight excluding hydrogens is 358 g/mol. The lowest BCUT2D eigenvalue weighted by Gasteiger charge is -2.38. The standard InChI is InChI=1S/C17H23N3O5S/c1-14(21)15-2-4-16(5-3-15)26(23,24)20-8-6-18(7-9-20)17(22)19-10-12-25-13-11-19/h2-5H,6-13H2,1H3. The number of hydrogen-bond acceptors (Lipinski definition) is 5. The maximum absolute atomic E-state index is 12.8. The van der Waals surface area contributed by atoms with Crippen molar-refractivity contribution in [1.82, 2.24) is 14.1 Å². The van der Waals surface area contributed by atoms with E-state index in [2.05, 4.69) is 0 Å². The summed E-state index contributed by atoms with van der Waals surface area (Å²) in [5.74, 6) is -0.107. The van der Waals surface area contributed by atoms with Crippen molar-refractivity contribution in [3.63, 3.8) is 0 Å². The number of Topliss-reactive ketones (excluding diaryl/α,β-unsaturated/α-hetero) is 1. The van der Waals surface area contributed by atoms with Crippen molar-refractivity contribution in [2.75, 3.05) is 52.5 Å². The zero-order valence-electron chi connectivity index (χ0n) is 14.8. The molecule has 2 heterocycles. The summed E-state index contributed by atoms with van der Waals surface area (Å²) in [6, 6.07) is 5.89. The fraction of sp³-hybridized carbons (Fsp3) is 0.529. The second kappa shape index (κ2) is 7.73. The van der Waals surface area contributed by atoms with Gasteiger partial charge in [-0.25, -0.2) is 13.2 Å². The molecule has 26 heavy (non-hydrogen) atoms. The third-order valence-electron chi connectivity index (χ3n) is 4.69.